The molecular weight excluding hydrogens is 288 g/mol. The van der Waals surface area contributed by atoms with Crippen LogP contribution in [0.4, 0.5) is 0 Å². The van der Waals surface area contributed by atoms with Crippen molar-refractivity contribution < 1.29 is 9.90 Å². The number of hydrogen-bond donors (Lipinski definition) is 2. The predicted octanol–water partition coefficient (Wildman–Crippen LogP) is 3.24. The Kier molecular flexibility index (Phi) is 7.23. The highest BCUT2D eigenvalue weighted by Gasteiger charge is 2.27. The molecule has 0 spiro atoms. The molecule has 0 bridgehead atoms. The van der Waals surface area contributed by atoms with Crippen LogP contribution >= 0.6 is 0 Å². The molecule has 4 heteroatoms. The smallest absolute Gasteiger partial charge is 0.309 e. The van der Waals surface area contributed by atoms with Crippen LogP contribution in [0, 0.1) is 10.8 Å². The zero-order chi connectivity index (χ0) is 17.5. The van der Waals surface area contributed by atoms with E-state index in [1.807, 2.05) is 6.07 Å². The number of carboxylic acids is 1. The predicted molar refractivity (Wildman–Crippen MR) is 95.5 cm³/mol. The number of hydrogen-bond acceptors (Lipinski definition) is 3. The molecule has 4 nitrogen and oxygen atoms in total. The van der Waals surface area contributed by atoms with Crippen LogP contribution in [0.3, 0.4) is 0 Å². The maximum absolute atomic E-state index is 11.1. The number of carbonyl (C=O) groups is 1. The lowest BCUT2D eigenvalue weighted by Gasteiger charge is -2.31. The van der Waals surface area contributed by atoms with E-state index in [0.717, 1.165) is 26.2 Å². The average Bonchev–Trinajstić information content (AvgIpc) is 2.44. The lowest BCUT2D eigenvalue weighted by molar-refractivity contribution is -0.147. The summed E-state index contributed by atoms with van der Waals surface area (Å²) in [5, 5.41) is 12.5. The van der Waals surface area contributed by atoms with Gasteiger partial charge in [-0.1, -0.05) is 44.2 Å². The van der Waals surface area contributed by atoms with E-state index in [1.165, 1.54) is 5.56 Å². The van der Waals surface area contributed by atoms with Crippen molar-refractivity contribution in [3.8, 4) is 0 Å². The number of carboxylic acid groups (broad SMARTS) is 1. The molecule has 0 heterocycles. The molecule has 0 aliphatic carbocycles. The van der Waals surface area contributed by atoms with Crippen molar-refractivity contribution in [1.82, 2.24) is 10.2 Å². The molecule has 0 fully saturated rings. The average molecular weight is 320 g/mol. The van der Waals surface area contributed by atoms with Crippen molar-refractivity contribution in [2.24, 2.45) is 10.8 Å². The molecule has 130 valence electrons. The fourth-order valence-electron chi connectivity index (χ4n) is 2.67. The van der Waals surface area contributed by atoms with E-state index in [9.17, 15) is 4.79 Å². The van der Waals surface area contributed by atoms with E-state index in [-0.39, 0.29) is 5.41 Å². The van der Waals surface area contributed by atoms with Gasteiger partial charge in [0.05, 0.1) is 5.41 Å². The summed E-state index contributed by atoms with van der Waals surface area (Å²) in [5.74, 6) is -0.735. The summed E-state index contributed by atoms with van der Waals surface area (Å²) in [6, 6.07) is 10.5. The van der Waals surface area contributed by atoms with E-state index in [0.29, 0.717) is 6.42 Å². The van der Waals surface area contributed by atoms with E-state index < -0.39 is 11.4 Å². The van der Waals surface area contributed by atoms with Crippen LogP contribution in [-0.2, 0) is 11.3 Å². The minimum Gasteiger partial charge on any atom is -0.481 e. The number of rotatable bonds is 10. The van der Waals surface area contributed by atoms with Gasteiger partial charge in [-0.3, -0.25) is 4.79 Å². The molecule has 0 aromatic heterocycles. The SMILES string of the molecule is CN(Cc1ccccc1)CC(C)(C)CNCCC(C)(C)C(=O)O. The van der Waals surface area contributed by atoms with E-state index >= 15 is 0 Å². The zero-order valence-corrected chi connectivity index (χ0v) is 15.2. The highest BCUT2D eigenvalue weighted by Crippen LogP contribution is 2.20. The van der Waals surface area contributed by atoms with Crippen molar-refractivity contribution >= 4 is 5.97 Å². The fourth-order valence-corrected chi connectivity index (χ4v) is 2.67. The maximum Gasteiger partial charge on any atom is 0.309 e. The van der Waals surface area contributed by atoms with Gasteiger partial charge in [0.25, 0.3) is 0 Å². The monoisotopic (exact) mass is 320 g/mol. The van der Waals surface area contributed by atoms with Gasteiger partial charge in [0, 0.05) is 19.6 Å². The standard InChI is InChI=1S/C19H32N2O2/c1-18(2,14-20-12-11-19(3,4)17(22)23)15-21(5)13-16-9-7-6-8-10-16/h6-10,20H,11-15H2,1-5H3,(H,22,23). The highest BCUT2D eigenvalue weighted by molar-refractivity contribution is 5.73. The molecule has 0 saturated carbocycles. The van der Waals surface area contributed by atoms with Crippen molar-refractivity contribution in [2.45, 2.75) is 40.7 Å². The van der Waals surface area contributed by atoms with Gasteiger partial charge < -0.3 is 15.3 Å². The third kappa shape index (κ3) is 7.62. The number of benzene rings is 1. The van der Waals surface area contributed by atoms with Gasteiger partial charge >= 0.3 is 5.97 Å². The first kappa shape index (κ1) is 19.7. The summed E-state index contributed by atoms with van der Waals surface area (Å²) in [4.78, 5) is 13.4. The van der Waals surface area contributed by atoms with Gasteiger partial charge in [-0.25, -0.2) is 0 Å². The topological polar surface area (TPSA) is 52.6 Å². The fraction of sp³-hybridized carbons (Fsp3) is 0.632. The number of nitrogens with zero attached hydrogens (tertiary/aromatic N) is 1. The lowest BCUT2D eigenvalue weighted by atomic mass is 9.89. The summed E-state index contributed by atoms with van der Waals surface area (Å²) in [5.41, 5.74) is 0.792. The minimum atomic E-state index is -0.735. The highest BCUT2D eigenvalue weighted by atomic mass is 16.4. The van der Waals surface area contributed by atoms with Crippen LogP contribution in [0.5, 0.6) is 0 Å². The summed E-state index contributed by atoms with van der Waals surface area (Å²) in [7, 11) is 2.14. The molecule has 1 aromatic carbocycles. The molecule has 0 atom stereocenters. The van der Waals surface area contributed by atoms with Crippen molar-refractivity contribution in [1.29, 1.82) is 0 Å². The van der Waals surface area contributed by atoms with Crippen molar-refractivity contribution in [3.63, 3.8) is 0 Å². The Morgan fingerprint density at radius 3 is 2.35 bits per heavy atom. The molecular formula is C19H32N2O2. The second kappa shape index (κ2) is 8.46. The second-order valence-corrected chi connectivity index (χ2v) is 7.94. The van der Waals surface area contributed by atoms with Gasteiger partial charge in [-0.15, -0.1) is 0 Å². The summed E-state index contributed by atoms with van der Waals surface area (Å²) in [6.45, 7) is 11.6. The lowest BCUT2D eigenvalue weighted by Crippen LogP contribution is -2.40. The first-order valence-corrected chi connectivity index (χ1v) is 8.29. The van der Waals surface area contributed by atoms with E-state index in [1.54, 1.807) is 13.8 Å². The van der Waals surface area contributed by atoms with Gasteiger partial charge in [-0.2, -0.15) is 0 Å². The Morgan fingerprint density at radius 1 is 1.17 bits per heavy atom. The first-order chi connectivity index (χ1) is 10.6. The van der Waals surface area contributed by atoms with Crippen molar-refractivity contribution in [2.75, 3.05) is 26.7 Å². The Morgan fingerprint density at radius 2 is 1.78 bits per heavy atom. The third-order valence-electron chi connectivity index (χ3n) is 4.10. The van der Waals surface area contributed by atoms with Gasteiger partial charge in [0.15, 0.2) is 0 Å². The van der Waals surface area contributed by atoms with Crippen LogP contribution in [-0.4, -0.2) is 42.7 Å². The van der Waals surface area contributed by atoms with Gasteiger partial charge in [0.2, 0.25) is 0 Å². The summed E-state index contributed by atoms with van der Waals surface area (Å²) >= 11 is 0. The number of aliphatic carboxylic acids is 1. The largest absolute Gasteiger partial charge is 0.481 e. The van der Waals surface area contributed by atoms with Gasteiger partial charge in [0.1, 0.15) is 0 Å². The molecule has 2 N–H and O–H groups in total. The van der Waals surface area contributed by atoms with Crippen LogP contribution in [0.25, 0.3) is 0 Å². The Bertz CT molecular complexity index is 483. The number of nitrogens with one attached hydrogen (secondary N) is 1. The Labute approximate surface area is 140 Å². The van der Waals surface area contributed by atoms with Crippen LogP contribution in [0.15, 0.2) is 30.3 Å². The molecule has 0 aliphatic heterocycles. The Balaban J connectivity index is 2.33. The maximum atomic E-state index is 11.1. The summed E-state index contributed by atoms with van der Waals surface area (Å²) in [6.07, 6.45) is 0.637. The van der Waals surface area contributed by atoms with Crippen molar-refractivity contribution in [3.05, 3.63) is 35.9 Å². The van der Waals surface area contributed by atoms with E-state index in [2.05, 4.69) is 55.4 Å². The minimum absolute atomic E-state index is 0.136. The summed E-state index contributed by atoms with van der Waals surface area (Å²) < 4.78 is 0. The second-order valence-electron chi connectivity index (χ2n) is 7.94. The zero-order valence-electron chi connectivity index (χ0n) is 15.2. The molecule has 0 saturated heterocycles. The molecule has 23 heavy (non-hydrogen) atoms. The third-order valence-corrected chi connectivity index (χ3v) is 4.10. The molecule has 0 amide bonds. The molecule has 0 aliphatic rings. The molecule has 0 unspecified atom stereocenters. The van der Waals surface area contributed by atoms with Gasteiger partial charge in [-0.05, 0) is 44.8 Å². The Hall–Kier alpha value is -1.39. The van der Waals surface area contributed by atoms with Crippen LogP contribution < -0.4 is 5.32 Å². The molecule has 1 aromatic rings. The first-order valence-electron chi connectivity index (χ1n) is 8.29. The molecule has 1 rings (SSSR count). The van der Waals surface area contributed by atoms with Crippen LogP contribution in [0.2, 0.25) is 0 Å². The molecule has 0 radical (unpaired) electrons. The normalized spacial score (nSPS) is 12.6. The van der Waals surface area contributed by atoms with Crippen LogP contribution in [0.1, 0.15) is 39.7 Å². The van der Waals surface area contributed by atoms with E-state index in [4.69, 9.17) is 5.11 Å². The quantitative estimate of drug-likeness (QED) is 0.650.